The van der Waals surface area contributed by atoms with Crippen LogP contribution in [0.15, 0.2) is 144 Å². The maximum absolute atomic E-state index is 6.95. The van der Waals surface area contributed by atoms with Gasteiger partial charge in [-0.15, -0.1) is 0 Å². The first-order valence-electron chi connectivity index (χ1n) is 17.8. The van der Waals surface area contributed by atoms with Gasteiger partial charge in [-0.05, 0) is 0 Å². The molecule has 6 aromatic carbocycles. The van der Waals surface area contributed by atoms with Crippen LogP contribution in [0.5, 0.6) is 0 Å². The van der Waals surface area contributed by atoms with Gasteiger partial charge in [0.2, 0.25) is 0 Å². The van der Waals surface area contributed by atoms with Crippen molar-refractivity contribution in [3.8, 4) is 0 Å². The Balaban J connectivity index is 1.60. The molecular formula is C46H41BGeN2O. The molecule has 5 heteroatoms. The third-order valence-electron chi connectivity index (χ3n) is 10.5. The number of hydrogen-bond donors (Lipinski definition) is 0. The second-order valence-corrected chi connectivity index (χ2v) is 21.9. The summed E-state index contributed by atoms with van der Waals surface area (Å²) in [5, 5.41) is 1.01. The average molecular weight is 721 g/mol. The fraction of sp³-hybridized carbons (Fsp3) is 0.130. The van der Waals surface area contributed by atoms with Crippen molar-refractivity contribution in [2.75, 3.05) is 0 Å². The summed E-state index contributed by atoms with van der Waals surface area (Å²) in [5.41, 5.74) is 13.4. The van der Waals surface area contributed by atoms with Crippen molar-refractivity contribution in [1.82, 2.24) is 9.97 Å². The molecule has 0 saturated heterocycles. The van der Waals surface area contributed by atoms with E-state index in [1.54, 1.807) is 0 Å². The standard InChI is InChI=1S/C46H41BGeN2O/c1-30-26-32(3)41(33(4)27-30)47(42-34(5)28-31(2)29-35(42)6)46-49-43-39-24-16-17-25-40(39)51-44(43)45(50-46)48(36-18-10-7-11-19-36,37-20-12-8-13-21-37)38-22-14-9-15-23-38/h7-29H,1-6H3. The molecular weight excluding hydrogens is 680 g/mol. The minimum absolute atomic E-state index is 0.189. The molecule has 0 radical (unpaired) electrons. The van der Waals surface area contributed by atoms with Gasteiger partial charge >= 0.3 is 305 Å². The Morgan fingerprint density at radius 2 is 0.902 bits per heavy atom. The van der Waals surface area contributed by atoms with Crippen molar-refractivity contribution in [3.05, 3.63) is 173 Å². The van der Waals surface area contributed by atoms with E-state index in [0.717, 1.165) is 32.3 Å². The number of benzene rings is 6. The number of rotatable bonds is 7. The van der Waals surface area contributed by atoms with Crippen molar-refractivity contribution in [2.45, 2.75) is 41.5 Å². The molecule has 248 valence electrons. The van der Waals surface area contributed by atoms with Gasteiger partial charge in [-0.3, -0.25) is 0 Å². The van der Waals surface area contributed by atoms with Gasteiger partial charge in [0.25, 0.3) is 0 Å². The number of nitrogens with zero attached hydrogens (tertiary/aromatic N) is 2. The third-order valence-corrected chi connectivity index (χ3v) is 20.3. The van der Waals surface area contributed by atoms with Crippen molar-refractivity contribution < 1.29 is 4.42 Å². The summed E-state index contributed by atoms with van der Waals surface area (Å²) in [6, 6.07) is 50.7. The molecule has 0 spiro atoms. The van der Waals surface area contributed by atoms with Gasteiger partial charge in [-0.2, -0.15) is 0 Å². The van der Waals surface area contributed by atoms with E-state index in [-0.39, 0.29) is 6.71 Å². The molecule has 0 fully saturated rings. The Bertz CT molecular complexity index is 2340. The van der Waals surface area contributed by atoms with Crippen LogP contribution in [-0.2, 0) is 0 Å². The van der Waals surface area contributed by atoms with Crippen LogP contribution in [0.3, 0.4) is 0 Å². The molecule has 0 atom stereocenters. The van der Waals surface area contributed by atoms with E-state index in [4.69, 9.17) is 14.4 Å². The van der Waals surface area contributed by atoms with Crippen molar-refractivity contribution in [3.63, 3.8) is 0 Å². The third kappa shape index (κ3) is 5.53. The number of hydrogen-bond acceptors (Lipinski definition) is 3. The number of para-hydroxylation sites is 1. The van der Waals surface area contributed by atoms with Crippen LogP contribution in [0.4, 0.5) is 0 Å². The Kier molecular flexibility index (Phi) is 8.52. The molecule has 2 heterocycles. The Hall–Kier alpha value is -5.19. The predicted molar refractivity (Wildman–Crippen MR) is 219 cm³/mol. The number of aryl methyl sites for hydroxylation is 6. The van der Waals surface area contributed by atoms with Crippen LogP contribution in [0.1, 0.15) is 33.4 Å². The van der Waals surface area contributed by atoms with Crippen molar-refractivity contribution in [2.24, 2.45) is 0 Å². The van der Waals surface area contributed by atoms with Gasteiger partial charge in [-0.25, -0.2) is 0 Å². The molecule has 8 rings (SSSR count). The summed E-state index contributed by atoms with van der Waals surface area (Å²) >= 11 is -3.93. The number of aromatic nitrogens is 2. The summed E-state index contributed by atoms with van der Waals surface area (Å²) in [7, 11) is 0. The Labute approximate surface area is 303 Å². The first-order valence-corrected chi connectivity index (χ1v) is 22.0. The van der Waals surface area contributed by atoms with Crippen LogP contribution < -0.4 is 34.4 Å². The minimum atomic E-state index is -3.93. The van der Waals surface area contributed by atoms with Crippen LogP contribution in [0, 0.1) is 41.5 Å². The molecule has 0 unspecified atom stereocenters. The second kappa shape index (κ2) is 13.2. The molecule has 0 amide bonds. The van der Waals surface area contributed by atoms with E-state index in [9.17, 15) is 0 Å². The molecule has 0 aliphatic rings. The van der Waals surface area contributed by atoms with Gasteiger partial charge in [0.05, 0.1) is 0 Å². The maximum atomic E-state index is 6.95. The molecule has 2 aromatic heterocycles. The normalized spacial score (nSPS) is 11.7. The van der Waals surface area contributed by atoms with Crippen LogP contribution >= 0.6 is 0 Å². The number of furan rings is 1. The van der Waals surface area contributed by atoms with Gasteiger partial charge in [-0.1, -0.05) is 0 Å². The van der Waals surface area contributed by atoms with E-state index in [1.165, 1.54) is 57.5 Å². The van der Waals surface area contributed by atoms with Crippen LogP contribution in [-0.4, -0.2) is 29.9 Å². The van der Waals surface area contributed by atoms with Crippen LogP contribution in [0.2, 0.25) is 0 Å². The summed E-state index contributed by atoms with van der Waals surface area (Å²) in [5.74, 6) is 0. The van der Waals surface area contributed by atoms with Crippen LogP contribution in [0.25, 0.3) is 22.1 Å². The quantitative estimate of drug-likeness (QED) is 0.187. The first-order chi connectivity index (χ1) is 24.8. The SMILES string of the molecule is Cc1cc(C)c(B(c2n[c]([Ge]([c]3ccccc3)([c]3ccccc3)[c]3ccccc3)c3oc4ccccc4c3n2)c2c(C)cc(C)cc2C)c(C)c1. The molecule has 0 aliphatic carbocycles. The summed E-state index contributed by atoms with van der Waals surface area (Å²) in [6.07, 6.45) is 0. The molecule has 3 nitrogen and oxygen atoms in total. The summed E-state index contributed by atoms with van der Waals surface area (Å²) in [6.45, 7) is 13.1. The van der Waals surface area contributed by atoms with Crippen molar-refractivity contribution >= 4 is 76.4 Å². The van der Waals surface area contributed by atoms with Gasteiger partial charge in [0, 0.05) is 0 Å². The zero-order valence-electron chi connectivity index (χ0n) is 30.2. The van der Waals surface area contributed by atoms with Gasteiger partial charge < -0.3 is 0 Å². The zero-order chi connectivity index (χ0) is 35.3. The molecule has 0 aliphatic heterocycles. The van der Waals surface area contributed by atoms with E-state index in [1.807, 2.05) is 6.07 Å². The van der Waals surface area contributed by atoms with E-state index in [0.29, 0.717) is 0 Å². The summed E-state index contributed by atoms with van der Waals surface area (Å²) in [4.78, 5) is 11.5. The molecule has 0 N–H and O–H groups in total. The Morgan fingerprint density at radius 3 is 1.35 bits per heavy atom. The zero-order valence-corrected chi connectivity index (χ0v) is 32.3. The van der Waals surface area contributed by atoms with E-state index in [2.05, 4.69) is 175 Å². The molecule has 0 saturated carbocycles. The molecule has 0 bridgehead atoms. The second-order valence-electron chi connectivity index (χ2n) is 14.1. The fourth-order valence-electron chi connectivity index (χ4n) is 8.66. The molecule has 8 aromatic rings. The number of fused-ring (bicyclic) bond motifs is 3. The predicted octanol–water partition coefficient (Wildman–Crippen LogP) is 6.12. The first kappa shape index (κ1) is 33.0. The monoisotopic (exact) mass is 722 g/mol. The fourth-order valence-corrected chi connectivity index (χ4v) is 18.5. The van der Waals surface area contributed by atoms with Crippen molar-refractivity contribution in [1.29, 1.82) is 0 Å². The topological polar surface area (TPSA) is 38.9 Å². The average Bonchev–Trinajstić information content (AvgIpc) is 3.51. The van der Waals surface area contributed by atoms with Gasteiger partial charge in [0.1, 0.15) is 0 Å². The summed E-state index contributed by atoms with van der Waals surface area (Å²) < 4.78 is 11.9. The van der Waals surface area contributed by atoms with Gasteiger partial charge in [0.15, 0.2) is 0 Å². The van der Waals surface area contributed by atoms with E-state index >= 15 is 0 Å². The Morgan fingerprint density at radius 1 is 0.490 bits per heavy atom. The molecule has 51 heavy (non-hydrogen) atoms. The van der Waals surface area contributed by atoms with E-state index < -0.39 is 13.3 Å².